The summed E-state index contributed by atoms with van der Waals surface area (Å²) in [7, 11) is 3.22. The molecule has 6 heteroatoms. The van der Waals surface area contributed by atoms with E-state index < -0.39 is 0 Å². The number of guanidine groups is 1. The van der Waals surface area contributed by atoms with Crippen LogP contribution in [0, 0.1) is 0 Å². The summed E-state index contributed by atoms with van der Waals surface area (Å²) in [5.41, 5.74) is 8.03. The number of ether oxygens (including phenoxy) is 2. The number of nitrogens with one attached hydrogen (secondary N) is 1. The molecule has 0 heterocycles. The van der Waals surface area contributed by atoms with Gasteiger partial charge in [0.25, 0.3) is 0 Å². The highest BCUT2D eigenvalue weighted by atomic mass is 79.9. The highest BCUT2D eigenvalue weighted by Crippen LogP contribution is 2.27. The van der Waals surface area contributed by atoms with Crippen LogP contribution in [0.1, 0.15) is 11.1 Å². The Balaban J connectivity index is 1.92. The maximum Gasteiger partial charge on any atom is 0.189 e. The third-order valence-corrected chi connectivity index (χ3v) is 3.80. The minimum Gasteiger partial charge on any atom is -0.493 e. The van der Waals surface area contributed by atoms with Gasteiger partial charge in [-0.15, -0.1) is 0 Å². The molecule has 0 fully saturated rings. The lowest BCUT2D eigenvalue weighted by Gasteiger charge is -2.09. The minimum atomic E-state index is 0.405. The number of nitrogens with zero attached hydrogens (tertiary/aromatic N) is 1. The average Bonchev–Trinajstić information content (AvgIpc) is 2.59. The summed E-state index contributed by atoms with van der Waals surface area (Å²) < 4.78 is 11.5. The highest BCUT2D eigenvalue weighted by molar-refractivity contribution is 9.10. The van der Waals surface area contributed by atoms with Crippen molar-refractivity contribution in [1.82, 2.24) is 5.32 Å². The number of hydrogen-bond donors (Lipinski definition) is 2. The van der Waals surface area contributed by atoms with Gasteiger partial charge in [0.1, 0.15) is 0 Å². The first-order chi connectivity index (χ1) is 11.1. The number of rotatable bonds is 6. The van der Waals surface area contributed by atoms with Gasteiger partial charge in [-0.05, 0) is 35.4 Å². The molecule has 23 heavy (non-hydrogen) atoms. The zero-order valence-electron chi connectivity index (χ0n) is 13.2. The van der Waals surface area contributed by atoms with Gasteiger partial charge in [-0.1, -0.05) is 34.1 Å². The van der Waals surface area contributed by atoms with Crippen molar-refractivity contribution in [3.05, 3.63) is 58.1 Å². The van der Waals surface area contributed by atoms with Crippen molar-refractivity contribution in [2.45, 2.75) is 13.1 Å². The molecule has 0 bridgehead atoms. The first-order valence-electron chi connectivity index (χ1n) is 7.11. The van der Waals surface area contributed by atoms with Gasteiger partial charge in [0.05, 0.1) is 20.8 Å². The number of benzene rings is 2. The molecule has 5 nitrogen and oxygen atoms in total. The van der Waals surface area contributed by atoms with Crippen LogP contribution in [-0.4, -0.2) is 20.2 Å². The van der Waals surface area contributed by atoms with Gasteiger partial charge in [0, 0.05) is 11.0 Å². The zero-order valence-corrected chi connectivity index (χ0v) is 14.8. The molecule has 0 radical (unpaired) electrons. The van der Waals surface area contributed by atoms with Gasteiger partial charge in [-0.2, -0.15) is 0 Å². The quantitative estimate of drug-likeness (QED) is 0.599. The molecule has 2 aromatic rings. The van der Waals surface area contributed by atoms with E-state index in [1.54, 1.807) is 14.2 Å². The zero-order chi connectivity index (χ0) is 16.7. The summed E-state index contributed by atoms with van der Waals surface area (Å²) in [6.07, 6.45) is 0. The second-order valence-corrected chi connectivity index (χ2v) is 5.79. The van der Waals surface area contributed by atoms with Crippen molar-refractivity contribution in [1.29, 1.82) is 0 Å². The van der Waals surface area contributed by atoms with Crippen LogP contribution in [0.2, 0.25) is 0 Å². The van der Waals surface area contributed by atoms with E-state index in [4.69, 9.17) is 15.2 Å². The molecule has 0 saturated carbocycles. The molecule has 2 rings (SSSR count). The van der Waals surface area contributed by atoms with Crippen molar-refractivity contribution in [2.75, 3.05) is 14.2 Å². The fraction of sp³-hybridized carbons (Fsp3) is 0.235. The van der Waals surface area contributed by atoms with Gasteiger partial charge < -0.3 is 20.5 Å². The standard InChI is InChI=1S/C17H20BrN3O2/c1-22-15-8-5-13(9-16(15)23-2)11-21-17(19)20-10-12-3-6-14(18)7-4-12/h3-9H,10-11H2,1-2H3,(H3,19,20,21). The first kappa shape index (κ1) is 17.1. The minimum absolute atomic E-state index is 0.405. The van der Waals surface area contributed by atoms with Crippen LogP contribution in [0.25, 0.3) is 0 Å². The number of nitrogens with two attached hydrogens (primary N) is 1. The van der Waals surface area contributed by atoms with E-state index in [9.17, 15) is 0 Å². The van der Waals surface area contributed by atoms with E-state index in [0.29, 0.717) is 30.5 Å². The van der Waals surface area contributed by atoms with E-state index in [1.165, 1.54) is 0 Å². The van der Waals surface area contributed by atoms with Gasteiger partial charge in [0.2, 0.25) is 0 Å². The molecule has 3 N–H and O–H groups in total. The normalized spacial score (nSPS) is 11.2. The monoisotopic (exact) mass is 377 g/mol. The maximum atomic E-state index is 5.90. The maximum absolute atomic E-state index is 5.90. The van der Waals surface area contributed by atoms with Crippen molar-refractivity contribution in [3.63, 3.8) is 0 Å². The first-order valence-corrected chi connectivity index (χ1v) is 7.91. The van der Waals surface area contributed by atoms with E-state index in [1.807, 2.05) is 42.5 Å². The number of aliphatic imine (C=N–C) groups is 1. The number of methoxy groups -OCH3 is 2. The van der Waals surface area contributed by atoms with Crippen LogP contribution in [0.3, 0.4) is 0 Å². The Hall–Kier alpha value is -2.21. The second kappa shape index (κ2) is 8.43. The summed E-state index contributed by atoms with van der Waals surface area (Å²) in [6, 6.07) is 13.7. The van der Waals surface area contributed by atoms with Crippen LogP contribution >= 0.6 is 15.9 Å². The lowest BCUT2D eigenvalue weighted by molar-refractivity contribution is 0.354. The van der Waals surface area contributed by atoms with Gasteiger partial charge in [-0.25, -0.2) is 4.99 Å². The van der Waals surface area contributed by atoms with Gasteiger partial charge >= 0.3 is 0 Å². The Labute approximate surface area is 144 Å². The number of hydrogen-bond acceptors (Lipinski definition) is 3. The van der Waals surface area contributed by atoms with E-state index in [0.717, 1.165) is 15.6 Å². The molecule has 122 valence electrons. The van der Waals surface area contributed by atoms with Crippen molar-refractivity contribution >= 4 is 21.9 Å². The van der Waals surface area contributed by atoms with Crippen LogP contribution in [0.15, 0.2) is 51.9 Å². The molecule has 0 aliphatic rings. The van der Waals surface area contributed by atoms with Crippen LogP contribution in [0.4, 0.5) is 0 Å². The second-order valence-electron chi connectivity index (χ2n) is 4.87. The van der Waals surface area contributed by atoms with E-state index in [-0.39, 0.29) is 0 Å². The molecular weight excluding hydrogens is 358 g/mol. The Morgan fingerprint density at radius 1 is 1.04 bits per heavy atom. The van der Waals surface area contributed by atoms with Crippen LogP contribution in [0.5, 0.6) is 11.5 Å². The largest absolute Gasteiger partial charge is 0.493 e. The highest BCUT2D eigenvalue weighted by Gasteiger charge is 2.04. The molecule has 0 atom stereocenters. The molecule has 0 amide bonds. The Morgan fingerprint density at radius 3 is 2.35 bits per heavy atom. The Kier molecular flexibility index (Phi) is 6.29. The van der Waals surface area contributed by atoms with Crippen molar-refractivity contribution in [2.24, 2.45) is 10.7 Å². The topological polar surface area (TPSA) is 68.9 Å². The van der Waals surface area contributed by atoms with E-state index in [2.05, 4.69) is 26.2 Å². The third kappa shape index (κ3) is 5.17. The summed E-state index contributed by atoms with van der Waals surface area (Å²) >= 11 is 3.41. The van der Waals surface area contributed by atoms with Crippen LogP contribution in [-0.2, 0) is 13.1 Å². The molecular formula is C17H20BrN3O2. The molecule has 0 aromatic heterocycles. The summed E-state index contributed by atoms with van der Waals surface area (Å²) in [6.45, 7) is 1.11. The van der Waals surface area contributed by atoms with Gasteiger partial charge in [-0.3, -0.25) is 0 Å². The Bertz CT molecular complexity index is 672. The van der Waals surface area contributed by atoms with Crippen molar-refractivity contribution in [3.8, 4) is 11.5 Å². The van der Waals surface area contributed by atoms with Crippen LogP contribution < -0.4 is 20.5 Å². The fourth-order valence-electron chi connectivity index (χ4n) is 2.01. The van der Waals surface area contributed by atoms with Crippen molar-refractivity contribution < 1.29 is 9.47 Å². The summed E-state index contributed by atoms with van der Waals surface area (Å²) in [5.74, 6) is 1.78. The summed E-state index contributed by atoms with van der Waals surface area (Å²) in [5, 5.41) is 3.10. The fourth-order valence-corrected chi connectivity index (χ4v) is 2.27. The summed E-state index contributed by atoms with van der Waals surface area (Å²) in [4.78, 5) is 4.34. The predicted molar refractivity (Wildman–Crippen MR) is 95.9 cm³/mol. The lowest BCUT2D eigenvalue weighted by Crippen LogP contribution is -2.31. The van der Waals surface area contributed by atoms with Gasteiger partial charge in [0.15, 0.2) is 17.5 Å². The molecule has 0 unspecified atom stereocenters. The molecule has 0 aliphatic heterocycles. The molecule has 0 aliphatic carbocycles. The lowest BCUT2D eigenvalue weighted by atomic mass is 10.2. The number of halogens is 1. The SMILES string of the molecule is COc1ccc(CN=C(N)NCc2ccc(Br)cc2)cc1OC. The predicted octanol–water partition coefficient (Wildman–Crippen LogP) is 3.07. The van der Waals surface area contributed by atoms with E-state index >= 15 is 0 Å². The third-order valence-electron chi connectivity index (χ3n) is 3.27. The average molecular weight is 378 g/mol. The molecule has 0 spiro atoms. The Morgan fingerprint density at radius 2 is 1.70 bits per heavy atom. The molecule has 2 aromatic carbocycles. The smallest absolute Gasteiger partial charge is 0.189 e. The molecule has 0 saturated heterocycles.